The van der Waals surface area contributed by atoms with Crippen LogP contribution in [0.5, 0.6) is 6.01 Å². The fourth-order valence-electron chi connectivity index (χ4n) is 2.41. The molecular weight excluding hydrogens is 312 g/mol. The maximum atomic E-state index is 11.6. The molecule has 24 heavy (non-hydrogen) atoms. The van der Waals surface area contributed by atoms with E-state index in [4.69, 9.17) is 15.3 Å². The van der Waals surface area contributed by atoms with Gasteiger partial charge in [0.25, 0.3) is 0 Å². The number of anilines is 2. The number of pyridine rings is 1. The minimum atomic E-state index is 0.223. The van der Waals surface area contributed by atoms with Gasteiger partial charge in [-0.25, -0.2) is 5.84 Å². The van der Waals surface area contributed by atoms with Crippen LogP contribution in [-0.4, -0.2) is 42.9 Å². The van der Waals surface area contributed by atoms with Crippen LogP contribution in [0.3, 0.4) is 0 Å². The van der Waals surface area contributed by atoms with Crippen molar-refractivity contribution in [1.29, 1.82) is 0 Å². The van der Waals surface area contributed by atoms with E-state index in [1.807, 2.05) is 6.07 Å². The van der Waals surface area contributed by atoms with E-state index >= 15 is 0 Å². The average Bonchev–Trinajstić information content (AvgIpc) is 2.64. The number of hydrogen-bond donors (Lipinski definition) is 2. The van der Waals surface area contributed by atoms with Crippen molar-refractivity contribution in [1.82, 2.24) is 9.97 Å². The maximum Gasteiger partial charge on any atom is 0.320 e. The summed E-state index contributed by atoms with van der Waals surface area (Å²) < 4.78 is 11.8. The highest BCUT2D eigenvalue weighted by atomic mass is 16.5. The molecule has 0 spiro atoms. The summed E-state index contributed by atoms with van der Waals surface area (Å²) in [6.45, 7) is 3.11. The first kappa shape index (κ1) is 16.2. The van der Waals surface area contributed by atoms with E-state index in [1.54, 1.807) is 18.2 Å². The molecule has 2 aromatic heterocycles. The Morgan fingerprint density at radius 3 is 2.92 bits per heavy atom. The Morgan fingerprint density at radius 1 is 1.33 bits per heavy atom. The number of rotatable bonds is 6. The van der Waals surface area contributed by atoms with Crippen molar-refractivity contribution in [3.05, 3.63) is 41.4 Å². The average molecular weight is 332 g/mol. The first-order valence-electron chi connectivity index (χ1n) is 7.74. The van der Waals surface area contributed by atoms with E-state index in [1.165, 1.54) is 6.20 Å². The third kappa shape index (κ3) is 4.00. The minimum absolute atomic E-state index is 0.223. The fourth-order valence-corrected chi connectivity index (χ4v) is 2.41. The Kier molecular flexibility index (Phi) is 5.24. The van der Waals surface area contributed by atoms with Crippen LogP contribution in [0.15, 0.2) is 30.5 Å². The lowest BCUT2D eigenvalue weighted by Gasteiger charge is -2.28. The molecule has 0 unspecified atom stereocenters. The Morgan fingerprint density at radius 2 is 2.17 bits per heavy atom. The monoisotopic (exact) mass is 332 g/mol. The summed E-state index contributed by atoms with van der Waals surface area (Å²) in [5.74, 6) is 6.68. The molecule has 3 N–H and O–H groups in total. The van der Waals surface area contributed by atoms with Crippen molar-refractivity contribution >= 4 is 11.6 Å². The Hall–Kier alpha value is -2.65. The van der Waals surface area contributed by atoms with Crippen LogP contribution in [-0.2, 0) is 11.2 Å². The second kappa shape index (κ2) is 7.75. The number of hydrogen-bond acceptors (Lipinski definition) is 8. The van der Waals surface area contributed by atoms with Gasteiger partial charge in [-0.3, -0.25) is 0 Å². The number of nitrogen functional groups attached to an aromatic ring is 1. The fraction of sp³-hybridized carbons (Fsp3) is 0.400. The van der Waals surface area contributed by atoms with Gasteiger partial charge in [0, 0.05) is 31.3 Å². The van der Waals surface area contributed by atoms with Gasteiger partial charge >= 0.3 is 6.01 Å². The standard InChI is InChI=1S/C15H20N6O3/c16-19-13-11-14(20-6-9-23-10-7-20)18-15(17-13)24-8-4-12-3-1-2-5-21(12)22/h1-3,5,11H,4,6-10,16H2,(H,17,18,19). The number of aromatic nitrogens is 3. The Labute approximate surface area is 139 Å². The second-order valence-electron chi connectivity index (χ2n) is 5.25. The largest absolute Gasteiger partial charge is 0.619 e. The van der Waals surface area contributed by atoms with Gasteiger partial charge in [-0.1, -0.05) is 6.07 Å². The van der Waals surface area contributed by atoms with Crippen LogP contribution in [0.25, 0.3) is 0 Å². The predicted octanol–water partition coefficient (Wildman–Crippen LogP) is -0.146. The van der Waals surface area contributed by atoms with Gasteiger partial charge in [-0.2, -0.15) is 14.7 Å². The predicted molar refractivity (Wildman–Crippen MR) is 87.5 cm³/mol. The normalized spacial score (nSPS) is 14.5. The molecule has 3 heterocycles. The number of ether oxygens (including phenoxy) is 2. The topological polar surface area (TPSA) is 112 Å². The summed E-state index contributed by atoms with van der Waals surface area (Å²) in [6, 6.07) is 7.25. The number of hydrazine groups is 1. The van der Waals surface area contributed by atoms with Crippen LogP contribution < -0.4 is 25.6 Å². The summed E-state index contributed by atoms with van der Waals surface area (Å²) in [6.07, 6.45) is 1.92. The van der Waals surface area contributed by atoms with Gasteiger partial charge in [0.05, 0.1) is 19.6 Å². The van der Waals surface area contributed by atoms with E-state index in [2.05, 4.69) is 20.3 Å². The van der Waals surface area contributed by atoms with Crippen LogP contribution in [0.1, 0.15) is 5.69 Å². The van der Waals surface area contributed by atoms with Gasteiger partial charge in [0.15, 0.2) is 11.9 Å². The maximum absolute atomic E-state index is 11.6. The van der Waals surface area contributed by atoms with Gasteiger partial charge < -0.3 is 25.0 Å². The summed E-state index contributed by atoms with van der Waals surface area (Å²) in [4.78, 5) is 10.7. The molecule has 9 heteroatoms. The molecule has 0 radical (unpaired) electrons. The molecular formula is C15H20N6O3. The van der Waals surface area contributed by atoms with Crippen molar-refractivity contribution in [3.8, 4) is 6.01 Å². The highest BCUT2D eigenvalue weighted by Crippen LogP contribution is 2.20. The second-order valence-corrected chi connectivity index (χ2v) is 5.25. The van der Waals surface area contributed by atoms with Gasteiger partial charge in [-0.05, 0) is 0 Å². The smallest absolute Gasteiger partial charge is 0.320 e. The molecule has 128 valence electrons. The number of nitrogens with two attached hydrogens (primary N) is 1. The van der Waals surface area contributed by atoms with Crippen molar-refractivity contribution in [2.45, 2.75) is 6.42 Å². The highest BCUT2D eigenvalue weighted by Gasteiger charge is 2.15. The van der Waals surface area contributed by atoms with E-state index in [0.29, 0.717) is 37.8 Å². The zero-order valence-electron chi connectivity index (χ0n) is 13.2. The van der Waals surface area contributed by atoms with Crippen molar-refractivity contribution < 1.29 is 14.2 Å². The van der Waals surface area contributed by atoms with E-state index in [0.717, 1.165) is 23.6 Å². The quantitative estimate of drug-likeness (QED) is 0.325. The van der Waals surface area contributed by atoms with Crippen LogP contribution in [0, 0.1) is 5.21 Å². The van der Waals surface area contributed by atoms with Crippen LogP contribution in [0.2, 0.25) is 0 Å². The van der Waals surface area contributed by atoms with Crippen LogP contribution in [0.4, 0.5) is 11.6 Å². The molecule has 3 rings (SSSR count). The molecule has 0 bridgehead atoms. The van der Waals surface area contributed by atoms with Crippen molar-refractivity contribution in [3.63, 3.8) is 0 Å². The molecule has 1 aliphatic rings. The van der Waals surface area contributed by atoms with E-state index in [-0.39, 0.29) is 6.01 Å². The molecule has 2 aromatic rings. The first-order valence-corrected chi connectivity index (χ1v) is 7.74. The first-order chi connectivity index (χ1) is 11.8. The molecule has 0 atom stereocenters. The Balaban J connectivity index is 1.67. The Bertz CT molecular complexity index is 678. The van der Waals surface area contributed by atoms with Gasteiger partial charge in [-0.15, -0.1) is 0 Å². The van der Waals surface area contributed by atoms with E-state index < -0.39 is 0 Å². The minimum Gasteiger partial charge on any atom is -0.619 e. The molecule has 0 amide bonds. The van der Waals surface area contributed by atoms with Crippen molar-refractivity contribution in [2.75, 3.05) is 43.2 Å². The van der Waals surface area contributed by atoms with Crippen LogP contribution >= 0.6 is 0 Å². The molecule has 0 aromatic carbocycles. The molecule has 1 aliphatic heterocycles. The molecule has 1 fully saturated rings. The zero-order valence-corrected chi connectivity index (χ0v) is 13.2. The third-order valence-electron chi connectivity index (χ3n) is 3.67. The number of nitrogens with zero attached hydrogens (tertiary/aromatic N) is 4. The molecule has 0 aliphatic carbocycles. The summed E-state index contributed by atoms with van der Waals surface area (Å²) >= 11 is 0. The highest BCUT2D eigenvalue weighted by molar-refractivity contribution is 5.50. The molecule has 9 nitrogen and oxygen atoms in total. The SMILES string of the molecule is NNc1cc(N2CCOCC2)nc(OCCc2cccc[n+]2[O-])n1. The number of morpholine rings is 1. The summed E-state index contributed by atoms with van der Waals surface area (Å²) in [5, 5.41) is 11.6. The summed E-state index contributed by atoms with van der Waals surface area (Å²) in [7, 11) is 0. The zero-order chi connectivity index (χ0) is 16.8. The lowest BCUT2D eigenvalue weighted by atomic mass is 10.3. The molecule has 0 saturated carbocycles. The lowest BCUT2D eigenvalue weighted by Crippen LogP contribution is -2.37. The lowest BCUT2D eigenvalue weighted by molar-refractivity contribution is -0.614. The third-order valence-corrected chi connectivity index (χ3v) is 3.67. The van der Waals surface area contributed by atoms with E-state index in [9.17, 15) is 5.21 Å². The summed E-state index contributed by atoms with van der Waals surface area (Å²) in [5.41, 5.74) is 3.15. The van der Waals surface area contributed by atoms with Gasteiger partial charge in [0.2, 0.25) is 0 Å². The van der Waals surface area contributed by atoms with Gasteiger partial charge in [0.1, 0.15) is 18.2 Å². The van der Waals surface area contributed by atoms with Crippen molar-refractivity contribution in [2.24, 2.45) is 5.84 Å². The number of nitrogens with one attached hydrogen (secondary N) is 1. The molecule has 1 saturated heterocycles.